The minimum Gasteiger partial charge on any atom is -0.329 e. The second kappa shape index (κ2) is 4.17. The maximum Gasteiger partial charge on any atom is 0.189 e. The molecule has 2 heterocycles. The van der Waals surface area contributed by atoms with Gasteiger partial charge in [-0.05, 0) is 12.1 Å². The Hall–Kier alpha value is -1.49. The molecule has 3 rings (SSSR count). The zero-order valence-corrected chi connectivity index (χ0v) is 8.63. The number of hydrogen-bond acceptors (Lipinski definition) is 4. The average Bonchev–Trinajstić information content (AvgIpc) is 2.39. The van der Waals surface area contributed by atoms with Crippen molar-refractivity contribution >= 4 is 10.9 Å². The molecular weight excluding hydrogens is 206 g/mol. The molecule has 1 aromatic carbocycles. The minimum atomic E-state index is -0.360. The van der Waals surface area contributed by atoms with Gasteiger partial charge >= 0.3 is 0 Å². The van der Waals surface area contributed by atoms with Crippen molar-refractivity contribution in [3.63, 3.8) is 0 Å². The number of benzene rings is 1. The Kier molecular flexibility index (Phi) is 2.53. The van der Waals surface area contributed by atoms with Gasteiger partial charge < -0.3 is 14.2 Å². The van der Waals surface area contributed by atoms with Crippen molar-refractivity contribution in [2.24, 2.45) is 0 Å². The molecule has 1 aliphatic rings. The number of hydrogen-bond donors (Lipinski definition) is 0. The fourth-order valence-corrected chi connectivity index (χ4v) is 1.81. The first kappa shape index (κ1) is 9.72. The molecule has 0 atom stereocenters. The summed E-state index contributed by atoms with van der Waals surface area (Å²) in [6.45, 7) is 0.530. The van der Waals surface area contributed by atoms with Gasteiger partial charge in [0.2, 0.25) is 0 Å². The van der Waals surface area contributed by atoms with E-state index < -0.39 is 0 Å². The van der Waals surface area contributed by atoms with Crippen molar-refractivity contribution in [1.82, 2.24) is 4.98 Å². The van der Waals surface area contributed by atoms with Crippen LogP contribution >= 0.6 is 0 Å². The van der Waals surface area contributed by atoms with E-state index in [1.165, 1.54) is 0 Å². The molecule has 16 heavy (non-hydrogen) atoms. The first-order chi connectivity index (χ1) is 7.95. The molecule has 1 aliphatic heterocycles. The van der Waals surface area contributed by atoms with Gasteiger partial charge in [-0.25, -0.2) is 0 Å². The van der Waals surface area contributed by atoms with Crippen molar-refractivity contribution in [3.8, 4) is 0 Å². The van der Waals surface area contributed by atoms with Crippen LogP contribution < -0.4 is 0 Å². The number of rotatable bonds is 1. The number of para-hydroxylation sites is 1. The average molecular weight is 217 g/mol. The van der Waals surface area contributed by atoms with Crippen LogP contribution in [-0.2, 0) is 14.2 Å². The molecule has 1 aromatic heterocycles. The van der Waals surface area contributed by atoms with Crippen LogP contribution in [0.1, 0.15) is 11.9 Å². The zero-order valence-electron chi connectivity index (χ0n) is 8.63. The van der Waals surface area contributed by atoms with Gasteiger partial charge in [0.1, 0.15) is 0 Å². The number of nitrogens with zero attached hydrogens (tertiary/aromatic N) is 1. The van der Waals surface area contributed by atoms with E-state index in [-0.39, 0.29) is 19.9 Å². The summed E-state index contributed by atoms with van der Waals surface area (Å²) in [6.07, 6.45) is 1.40. The third-order valence-electron chi connectivity index (χ3n) is 2.54. The van der Waals surface area contributed by atoms with Crippen LogP contribution in [0, 0.1) is 0 Å². The van der Waals surface area contributed by atoms with E-state index in [4.69, 9.17) is 14.2 Å². The Balaban J connectivity index is 2.08. The standard InChI is InChI=1S/C12H11NO3/c1-2-4-11-9(3-1)10(5-6-13-11)12-15-7-14-8-16-12/h1-6,12H,7-8H2. The molecule has 0 saturated carbocycles. The highest BCUT2D eigenvalue weighted by molar-refractivity contribution is 5.82. The Morgan fingerprint density at radius 2 is 1.88 bits per heavy atom. The van der Waals surface area contributed by atoms with E-state index in [9.17, 15) is 0 Å². The topological polar surface area (TPSA) is 40.6 Å². The van der Waals surface area contributed by atoms with Crippen molar-refractivity contribution in [2.45, 2.75) is 6.29 Å². The van der Waals surface area contributed by atoms with Gasteiger partial charge in [-0.15, -0.1) is 0 Å². The maximum absolute atomic E-state index is 5.40. The molecule has 1 saturated heterocycles. The predicted molar refractivity (Wildman–Crippen MR) is 57.5 cm³/mol. The Labute approximate surface area is 92.8 Å². The SMILES string of the molecule is c1ccc2c(C3OCOCO3)ccnc2c1. The van der Waals surface area contributed by atoms with Crippen molar-refractivity contribution < 1.29 is 14.2 Å². The molecule has 2 aromatic rings. The Morgan fingerprint density at radius 1 is 1.06 bits per heavy atom. The second-order valence-corrected chi connectivity index (χ2v) is 3.52. The molecule has 0 bridgehead atoms. The largest absolute Gasteiger partial charge is 0.329 e. The van der Waals surface area contributed by atoms with Crippen LogP contribution in [0.2, 0.25) is 0 Å². The second-order valence-electron chi connectivity index (χ2n) is 3.52. The highest BCUT2D eigenvalue weighted by Gasteiger charge is 2.19. The molecule has 4 nitrogen and oxygen atoms in total. The smallest absolute Gasteiger partial charge is 0.189 e. The van der Waals surface area contributed by atoms with Crippen LogP contribution in [-0.4, -0.2) is 18.6 Å². The van der Waals surface area contributed by atoms with Crippen LogP contribution in [0.3, 0.4) is 0 Å². The molecule has 0 spiro atoms. The first-order valence-corrected chi connectivity index (χ1v) is 5.10. The highest BCUT2D eigenvalue weighted by Crippen LogP contribution is 2.27. The van der Waals surface area contributed by atoms with Crippen LogP contribution in [0.25, 0.3) is 10.9 Å². The molecular formula is C12H11NO3. The van der Waals surface area contributed by atoms with Crippen molar-refractivity contribution in [3.05, 3.63) is 42.1 Å². The maximum atomic E-state index is 5.40. The lowest BCUT2D eigenvalue weighted by Gasteiger charge is -2.24. The Morgan fingerprint density at radius 3 is 2.75 bits per heavy atom. The van der Waals surface area contributed by atoms with Crippen LogP contribution in [0.4, 0.5) is 0 Å². The third kappa shape index (κ3) is 1.67. The lowest BCUT2D eigenvalue weighted by molar-refractivity contribution is -0.303. The van der Waals surface area contributed by atoms with E-state index in [0.29, 0.717) is 0 Å². The monoisotopic (exact) mass is 217 g/mol. The Bertz CT molecular complexity index is 489. The van der Waals surface area contributed by atoms with Gasteiger partial charge in [-0.3, -0.25) is 4.98 Å². The van der Waals surface area contributed by atoms with E-state index >= 15 is 0 Å². The van der Waals surface area contributed by atoms with Gasteiger partial charge in [0.15, 0.2) is 19.9 Å². The van der Waals surface area contributed by atoms with E-state index in [1.54, 1.807) is 6.20 Å². The summed E-state index contributed by atoms with van der Waals surface area (Å²) in [5.74, 6) is 0. The molecule has 0 aliphatic carbocycles. The van der Waals surface area contributed by atoms with Gasteiger partial charge in [0, 0.05) is 17.1 Å². The van der Waals surface area contributed by atoms with E-state index in [0.717, 1.165) is 16.5 Å². The predicted octanol–water partition coefficient (Wildman–Crippen LogP) is 2.21. The fourth-order valence-electron chi connectivity index (χ4n) is 1.81. The zero-order chi connectivity index (χ0) is 10.8. The quantitative estimate of drug-likeness (QED) is 0.734. The van der Waals surface area contributed by atoms with Crippen LogP contribution in [0.5, 0.6) is 0 Å². The summed E-state index contributed by atoms with van der Waals surface area (Å²) < 4.78 is 15.8. The molecule has 0 unspecified atom stereocenters. The van der Waals surface area contributed by atoms with Gasteiger partial charge in [0.25, 0.3) is 0 Å². The molecule has 4 heteroatoms. The number of pyridine rings is 1. The highest BCUT2D eigenvalue weighted by atomic mass is 16.8. The lowest BCUT2D eigenvalue weighted by atomic mass is 10.1. The van der Waals surface area contributed by atoms with Crippen molar-refractivity contribution in [1.29, 1.82) is 0 Å². The van der Waals surface area contributed by atoms with Gasteiger partial charge in [-0.1, -0.05) is 18.2 Å². The van der Waals surface area contributed by atoms with E-state index in [2.05, 4.69) is 4.98 Å². The van der Waals surface area contributed by atoms with Gasteiger partial charge in [0.05, 0.1) is 5.52 Å². The summed E-state index contributed by atoms with van der Waals surface area (Å²) >= 11 is 0. The van der Waals surface area contributed by atoms with Crippen molar-refractivity contribution in [2.75, 3.05) is 13.6 Å². The fraction of sp³-hybridized carbons (Fsp3) is 0.250. The summed E-state index contributed by atoms with van der Waals surface area (Å²) in [7, 11) is 0. The molecule has 0 amide bonds. The number of aromatic nitrogens is 1. The normalized spacial score (nSPS) is 17.8. The van der Waals surface area contributed by atoms with Crippen LogP contribution in [0.15, 0.2) is 36.5 Å². The van der Waals surface area contributed by atoms with E-state index in [1.807, 2.05) is 30.3 Å². The molecule has 0 radical (unpaired) electrons. The van der Waals surface area contributed by atoms with Gasteiger partial charge in [-0.2, -0.15) is 0 Å². The summed E-state index contributed by atoms with van der Waals surface area (Å²) in [4.78, 5) is 4.29. The summed E-state index contributed by atoms with van der Waals surface area (Å²) in [5.41, 5.74) is 1.94. The molecule has 1 fully saturated rings. The first-order valence-electron chi connectivity index (χ1n) is 5.10. The number of ether oxygens (including phenoxy) is 3. The third-order valence-corrected chi connectivity index (χ3v) is 2.54. The lowest BCUT2D eigenvalue weighted by Crippen LogP contribution is -2.20. The number of fused-ring (bicyclic) bond motifs is 1. The molecule has 82 valence electrons. The summed E-state index contributed by atoms with van der Waals surface area (Å²) in [5, 5.41) is 1.05. The molecule has 0 N–H and O–H groups in total. The minimum absolute atomic E-state index is 0.265. The summed E-state index contributed by atoms with van der Waals surface area (Å²) in [6, 6.07) is 9.84.